The first-order chi connectivity index (χ1) is 8.10. The molecule has 0 bridgehead atoms. The van der Waals surface area contributed by atoms with Gasteiger partial charge in [0.25, 0.3) is 0 Å². The molecule has 0 aromatic rings. The van der Waals surface area contributed by atoms with Gasteiger partial charge in [-0.15, -0.1) is 25.6 Å². The smallest absolute Gasteiger partial charge is 0.0563 e. The molecule has 114 valence electrons. The van der Waals surface area contributed by atoms with E-state index in [0.29, 0.717) is 0 Å². The predicted molar refractivity (Wildman–Crippen MR) is 103 cm³/mol. The quantitative estimate of drug-likeness (QED) is 0.324. The van der Waals surface area contributed by atoms with Crippen molar-refractivity contribution in [3.63, 3.8) is 0 Å². The maximum atomic E-state index is 2.47. The molecule has 0 nitrogen and oxygen atoms in total. The van der Waals surface area contributed by atoms with Crippen molar-refractivity contribution in [1.29, 1.82) is 0 Å². The minimum atomic E-state index is -0.412. The zero-order valence-electron chi connectivity index (χ0n) is 13.7. The molecule has 18 heavy (non-hydrogen) atoms. The summed E-state index contributed by atoms with van der Waals surface area (Å²) >= 11 is 0. The van der Waals surface area contributed by atoms with Crippen LogP contribution in [0.1, 0.15) is 60.3 Å². The van der Waals surface area contributed by atoms with Crippen molar-refractivity contribution in [3.8, 4) is 0 Å². The summed E-state index contributed by atoms with van der Waals surface area (Å²) in [7, 11) is 0.834. The molecule has 0 aliphatic heterocycles. The van der Waals surface area contributed by atoms with Gasteiger partial charge in [0, 0.05) is 13.9 Å². The van der Waals surface area contributed by atoms with Crippen LogP contribution in [0.25, 0.3) is 0 Å². The number of hydrogen-bond donors (Lipinski definition) is 0. The van der Waals surface area contributed by atoms with Gasteiger partial charge in [0.2, 0.25) is 0 Å². The lowest BCUT2D eigenvalue weighted by atomic mass is 10.4. The Bertz CT molecular complexity index is 122. The summed E-state index contributed by atoms with van der Waals surface area (Å²) in [5.74, 6) is 0. The Morgan fingerprint density at radius 1 is 0.722 bits per heavy atom. The zero-order valence-corrected chi connectivity index (χ0v) is 17.3. The van der Waals surface area contributed by atoms with Gasteiger partial charge in [-0.25, -0.2) is 0 Å². The Labute approximate surface area is 130 Å². The van der Waals surface area contributed by atoms with E-state index in [0.717, 1.165) is 0 Å². The molecule has 0 rings (SSSR count). The molecule has 0 aromatic carbocycles. The van der Waals surface area contributed by atoms with Crippen molar-refractivity contribution in [2.75, 3.05) is 37.5 Å². The minimum absolute atomic E-state index is 0. The molecule has 0 fully saturated rings. The monoisotopic (exact) mass is 359 g/mol. The first-order valence-corrected chi connectivity index (χ1v) is 11.8. The van der Waals surface area contributed by atoms with Crippen molar-refractivity contribution in [2.24, 2.45) is 0 Å². The summed E-state index contributed by atoms with van der Waals surface area (Å²) in [6.45, 7) is 14.0. The Morgan fingerprint density at radius 3 is 1.22 bits per heavy atom. The van der Waals surface area contributed by atoms with E-state index in [1.54, 1.807) is 0 Å². The molecule has 0 aliphatic rings. The first-order valence-electron chi connectivity index (χ1n) is 7.64. The van der Waals surface area contributed by atoms with E-state index in [9.17, 15) is 0 Å². The van der Waals surface area contributed by atoms with E-state index in [2.05, 4.69) is 41.3 Å². The summed E-state index contributed by atoms with van der Waals surface area (Å²) < 4.78 is 0. The number of halogens is 1. The van der Waals surface area contributed by atoms with E-state index < -0.39 is 7.26 Å². The molecule has 3 heteroatoms. The summed E-state index contributed by atoms with van der Waals surface area (Å²) in [6, 6.07) is 0. The lowest BCUT2D eigenvalue weighted by molar-refractivity contribution is 0.874. The third-order valence-corrected chi connectivity index (χ3v) is 9.70. The highest BCUT2D eigenvalue weighted by atomic mass is 79.9. The molecule has 0 aromatic heterocycles. The molecule has 0 amide bonds. The largest absolute Gasteiger partial charge is 0.122 e. The molecule has 0 N–H and O–H groups in total. The third-order valence-electron chi connectivity index (χ3n) is 3.70. The van der Waals surface area contributed by atoms with Gasteiger partial charge in [-0.1, -0.05) is 26.7 Å². The zero-order chi connectivity index (χ0) is 13.6. The maximum absolute atomic E-state index is 2.47. The standard InChI is InChI=1S/C8H19P.C7H18P.BrH/c1-3-5-7-9-8-6-4-2;1-5-8(4,6-2)7-3;/h9H,3-8H2,1-2H3;5-7H2,1-4H3;1H/q;+1;. The Kier molecular flexibility index (Phi) is 24.8. The fourth-order valence-corrected chi connectivity index (χ4v) is 4.20. The second-order valence-corrected chi connectivity index (χ2v) is 11.7. The predicted octanol–water partition coefficient (Wildman–Crippen LogP) is 6.54. The van der Waals surface area contributed by atoms with Gasteiger partial charge in [-0.05, 0) is 45.9 Å². The van der Waals surface area contributed by atoms with Crippen LogP contribution in [0.3, 0.4) is 0 Å². The number of unbranched alkanes of at least 4 members (excludes halogenated alkanes) is 2. The van der Waals surface area contributed by atoms with E-state index in [1.807, 2.05) is 0 Å². The van der Waals surface area contributed by atoms with Crippen molar-refractivity contribution in [1.82, 2.24) is 0 Å². The second kappa shape index (κ2) is 18.3. The Morgan fingerprint density at radius 2 is 1.06 bits per heavy atom. The van der Waals surface area contributed by atoms with Crippen LogP contribution in [-0.4, -0.2) is 37.5 Å². The van der Waals surface area contributed by atoms with Gasteiger partial charge in [-0.3, -0.25) is 0 Å². The number of rotatable bonds is 9. The van der Waals surface area contributed by atoms with Crippen LogP contribution in [0, 0.1) is 0 Å². The van der Waals surface area contributed by atoms with Crippen molar-refractivity contribution < 1.29 is 0 Å². The van der Waals surface area contributed by atoms with E-state index in [4.69, 9.17) is 0 Å². The van der Waals surface area contributed by atoms with Crippen molar-refractivity contribution in [3.05, 3.63) is 0 Å². The van der Waals surface area contributed by atoms with Crippen LogP contribution in [0.5, 0.6) is 0 Å². The van der Waals surface area contributed by atoms with Crippen LogP contribution in [0.15, 0.2) is 0 Å². The van der Waals surface area contributed by atoms with Gasteiger partial charge in [0.15, 0.2) is 0 Å². The lowest BCUT2D eigenvalue weighted by Gasteiger charge is -2.16. The maximum Gasteiger partial charge on any atom is 0.0563 e. The normalized spacial score (nSPS) is 10.3. The molecular weight excluding hydrogens is 322 g/mol. The van der Waals surface area contributed by atoms with Crippen molar-refractivity contribution in [2.45, 2.75) is 60.3 Å². The minimum Gasteiger partial charge on any atom is -0.122 e. The second-order valence-electron chi connectivity index (χ2n) is 5.03. The van der Waals surface area contributed by atoms with Gasteiger partial charge in [0.1, 0.15) is 0 Å². The Hall–Kier alpha value is 1.34. The van der Waals surface area contributed by atoms with E-state index in [-0.39, 0.29) is 17.0 Å². The molecule has 0 spiro atoms. The van der Waals surface area contributed by atoms with E-state index in [1.165, 1.54) is 65.1 Å². The average molecular weight is 360 g/mol. The van der Waals surface area contributed by atoms with Gasteiger partial charge >= 0.3 is 0 Å². The van der Waals surface area contributed by atoms with Crippen LogP contribution in [-0.2, 0) is 0 Å². The molecule has 0 atom stereocenters. The highest BCUT2D eigenvalue weighted by Gasteiger charge is 2.22. The van der Waals surface area contributed by atoms with Crippen molar-refractivity contribution >= 4 is 32.8 Å². The fourth-order valence-electron chi connectivity index (χ4n) is 1.40. The van der Waals surface area contributed by atoms with Crippen LogP contribution >= 0.6 is 32.8 Å². The van der Waals surface area contributed by atoms with Crippen LogP contribution < -0.4 is 0 Å². The van der Waals surface area contributed by atoms with Gasteiger partial charge < -0.3 is 0 Å². The molecule has 0 heterocycles. The lowest BCUT2D eigenvalue weighted by Crippen LogP contribution is -1.98. The summed E-state index contributed by atoms with van der Waals surface area (Å²) in [5, 5.41) is 0. The Balaban J connectivity index is -0.000000238. The molecule has 0 radical (unpaired) electrons. The number of hydrogen-bond acceptors (Lipinski definition) is 0. The molecule has 0 unspecified atom stereocenters. The molecule has 0 saturated heterocycles. The van der Waals surface area contributed by atoms with Crippen LogP contribution in [0.4, 0.5) is 0 Å². The van der Waals surface area contributed by atoms with E-state index >= 15 is 0 Å². The molecular formula is C15H38BrP2+. The molecule has 0 aliphatic carbocycles. The summed E-state index contributed by atoms with van der Waals surface area (Å²) in [5.41, 5.74) is 0. The highest BCUT2D eigenvalue weighted by molar-refractivity contribution is 8.93. The average Bonchev–Trinajstić information content (AvgIpc) is 2.38. The van der Waals surface area contributed by atoms with Crippen LogP contribution in [0.2, 0.25) is 0 Å². The highest BCUT2D eigenvalue weighted by Crippen LogP contribution is 2.53. The summed E-state index contributed by atoms with van der Waals surface area (Å²) in [6.07, 6.45) is 12.9. The topological polar surface area (TPSA) is 0 Å². The first kappa shape index (κ1) is 24.4. The molecule has 0 saturated carbocycles. The summed E-state index contributed by atoms with van der Waals surface area (Å²) in [4.78, 5) is 0. The van der Waals surface area contributed by atoms with Gasteiger partial charge in [0.05, 0.1) is 18.5 Å². The van der Waals surface area contributed by atoms with Gasteiger partial charge in [-0.2, -0.15) is 0 Å². The third kappa shape index (κ3) is 17.3. The SMILES string of the molecule is Br.CCCCPCCCC.CC[P+](C)(CC)CC. The fraction of sp³-hybridized carbons (Fsp3) is 1.00.